The first kappa shape index (κ1) is 12.2. The van der Waals surface area contributed by atoms with E-state index in [1.54, 1.807) is 0 Å². The lowest BCUT2D eigenvalue weighted by atomic mass is 9.87. The summed E-state index contributed by atoms with van der Waals surface area (Å²) in [6.45, 7) is 3.96. The third-order valence-electron chi connectivity index (χ3n) is 4.83. The topological polar surface area (TPSA) is 38.8 Å². The van der Waals surface area contributed by atoms with Crippen LogP contribution in [0.15, 0.2) is 24.3 Å². The van der Waals surface area contributed by atoms with Crippen LogP contribution in [0.3, 0.4) is 0 Å². The Morgan fingerprint density at radius 2 is 2.25 bits per heavy atom. The smallest absolute Gasteiger partial charge is 0.231 e. The minimum absolute atomic E-state index is 0.143. The maximum Gasteiger partial charge on any atom is 0.231 e. The summed E-state index contributed by atoms with van der Waals surface area (Å²) in [4.78, 5) is 14.9. The molecule has 20 heavy (non-hydrogen) atoms. The maximum absolute atomic E-state index is 12.9. The zero-order chi connectivity index (χ0) is 13.7. The van der Waals surface area contributed by atoms with E-state index in [1.165, 1.54) is 0 Å². The van der Waals surface area contributed by atoms with Crippen LogP contribution in [-0.4, -0.2) is 36.7 Å². The van der Waals surface area contributed by atoms with Gasteiger partial charge < -0.3 is 14.4 Å². The number of rotatable bonds is 1. The quantitative estimate of drug-likeness (QED) is 0.787. The Kier molecular flexibility index (Phi) is 2.58. The third-order valence-corrected chi connectivity index (χ3v) is 4.83. The fourth-order valence-electron chi connectivity index (χ4n) is 3.63. The second-order valence-electron chi connectivity index (χ2n) is 6.35. The monoisotopic (exact) mass is 273 g/mol. The molecule has 4 nitrogen and oxygen atoms in total. The van der Waals surface area contributed by atoms with E-state index >= 15 is 0 Å². The van der Waals surface area contributed by atoms with Gasteiger partial charge in [0.15, 0.2) is 0 Å². The second kappa shape index (κ2) is 4.22. The van der Waals surface area contributed by atoms with Gasteiger partial charge in [0.1, 0.15) is 11.9 Å². The first-order valence-electron chi connectivity index (χ1n) is 7.32. The van der Waals surface area contributed by atoms with Gasteiger partial charge in [-0.1, -0.05) is 18.2 Å². The lowest BCUT2D eigenvalue weighted by Crippen LogP contribution is -2.42. The Bertz CT molecular complexity index is 550. The highest BCUT2D eigenvalue weighted by atomic mass is 16.5. The van der Waals surface area contributed by atoms with Gasteiger partial charge in [-0.3, -0.25) is 4.79 Å². The number of carbonyl (C=O) groups is 1. The molecule has 0 aromatic heterocycles. The van der Waals surface area contributed by atoms with Crippen molar-refractivity contribution in [1.82, 2.24) is 4.90 Å². The molecule has 0 aliphatic carbocycles. The summed E-state index contributed by atoms with van der Waals surface area (Å²) in [5.41, 5.74) is 0.795. The number of likely N-dealkylation sites (tertiary alicyclic amines) is 1. The zero-order valence-electron chi connectivity index (χ0n) is 11.7. The molecule has 1 amide bonds. The van der Waals surface area contributed by atoms with Gasteiger partial charge in [0, 0.05) is 18.6 Å². The van der Waals surface area contributed by atoms with Crippen LogP contribution in [0.5, 0.6) is 5.75 Å². The van der Waals surface area contributed by atoms with Crippen LogP contribution in [0.4, 0.5) is 0 Å². The van der Waals surface area contributed by atoms with E-state index < -0.39 is 0 Å². The van der Waals surface area contributed by atoms with E-state index in [4.69, 9.17) is 9.47 Å². The van der Waals surface area contributed by atoms with E-state index in [-0.39, 0.29) is 23.5 Å². The van der Waals surface area contributed by atoms with Crippen molar-refractivity contribution >= 4 is 5.91 Å². The molecule has 0 spiro atoms. The summed E-state index contributed by atoms with van der Waals surface area (Å²) in [6, 6.07) is 8.26. The van der Waals surface area contributed by atoms with Crippen molar-refractivity contribution in [1.29, 1.82) is 0 Å². The molecule has 3 aliphatic rings. The zero-order valence-corrected chi connectivity index (χ0v) is 11.7. The lowest BCUT2D eigenvalue weighted by Gasteiger charge is -2.32. The number of ether oxygens (including phenoxy) is 2. The molecule has 1 aromatic rings. The predicted octanol–water partition coefficient (Wildman–Crippen LogP) is 2.15. The summed E-state index contributed by atoms with van der Waals surface area (Å²) in [5.74, 6) is 1.17. The number of nitrogens with zero attached hydrogens (tertiary/aromatic N) is 1. The first-order valence-corrected chi connectivity index (χ1v) is 7.32. The molecule has 4 rings (SSSR count). The van der Waals surface area contributed by atoms with Gasteiger partial charge in [-0.15, -0.1) is 0 Å². The van der Waals surface area contributed by atoms with Gasteiger partial charge in [-0.05, 0) is 19.4 Å². The molecule has 1 unspecified atom stereocenters. The van der Waals surface area contributed by atoms with Gasteiger partial charge in [0.05, 0.1) is 24.6 Å². The largest absolute Gasteiger partial charge is 0.488 e. The SMILES string of the molecule is CC1(C(=O)N2C[C@@H]3C[C@H]2c2ccccc2O3)CCOC1. The highest BCUT2D eigenvalue weighted by Gasteiger charge is 2.48. The van der Waals surface area contributed by atoms with E-state index in [2.05, 4.69) is 6.07 Å². The van der Waals surface area contributed by atoms with Crippen LogP contribution in [0.25, 0.3) is 0 Å². The first-order chi connectivity index (χ1) is 9.67. The fourth-order valence-corrected chi connectivity index (χ4v) is 3.63. The van der Waals surface area contributed by atoms with E-state index in [1.807, 2.05) is 30.0 Å². The van der Waals surface area contributed by atoms with Gasteiger partial charge in [-0.25, -0.2) is 0 Å². The van der Waals surface area contributed by atoms with Crippen molar-refractivity contribution in [2.45, 2.75) is 31.9 Å². The molecule has 2 saturated heterocycles. The molecule has 2 fully saturated rings. The van der Waals surface area contributed by atoms with Crippen molar-refractivity contribution in [3.05, 3.63) is 29.8 Å². The van der Waals surface area contributed by atoms with Crippen molar-refractivity contribution in [2.75, 3.05) is 19.8 Å². The highest BCUT2D eigenvalue weighted by molar-refractivity contribution is 5.84. The lowest BCUT2D eigenvalue weighted by molar-refractivity contribution is -0.142. The Labute approximate surface area is 118 Å². The summed E-state index contributed by atoms with van der Waals surface area (Å²) >= 11 is 0. The Morgan fingerprint density at radius 3 is 3.05 bits per heavy atom. The molecule has 0 saturated carbocycles. The molecule has 4 heteroatoms. The normalized spacial score (nSPS) is 34.8. The van der Waals surface area contributed by atoms with Crippen LogP contribution in [0.2, 0.25) is 0 Å². The standard InChI is InChI=1S/C16H19NO3/c1-16(6-7-19-10-16)15(18)17-9-11-8-13(17)12-4-2-3-5-14(12)20-11/h2-5,11,13H,6-10H2,1H3/t11-,13-,16?/m0/s1. The van der Waals surface area contributed by atoms with Crippen LogP contribution >= 0.6 is 0 Å². The van der Waals surface area contributed by atoms with Crippen LogP contribution in [0, 0.1) is 5.41 Å². The number of para-hydroxylation sites is 1. The molecular weight excluding hydrogens is 254 g/mol. The molecule has 1 aromatic carbocycles. The highest BCUT2D eigenvalue weighted by Crippen LogP contribution is 2.45. The van der Waals surface area contributed by atoms with Gasteiger partial charge in [0.2, 0.25) is 5.91 Å². The molecule has 3 atom stereocenters. The molecule has 3 aliphatic heterocycles. The van der Waals surface area contributed by atoms with Gasteiger partial charge in [0.25, 0.3) is 0 Å². The van der Waals surface area contributed by atoms with E-state index in [0.717, 1.165) is 24.2 Å². The fraction of sp³-hybridized carbons (Fsp3) is 0.562. The molecule has 2 bridgehead atoms. The second-order valence-corrected chi connectivity index (χ2v) is 6.35. The number of carbonyl (C=O) groups excluding carboxylic acids is 1. The number of amides is 1. The van der Waals surface area contributed by atoms with Gasteiger partial charge >= 0.3 is 0 Å². The molecule has 3 heterocycles. The summed E-state index contributed by atoms with van der Waals surface area (Å²) < 4.78 is 11.4. The van der Waals surface area contributed by atoms with Crippen LogP contribution < -0.4 is 4.74 Å². The van der Waals surface area contributed by atoms with Crippen LogP contribution in [-0.2, 0) is 9.53 Å². The summed E-state index contributed by atoms with van der Waals surface area (Å²) in [7, 11) is 0. The van der Waals surface area contributed by atoms with Crippen molar-refractivity contribution in [3.63, 3.8) is 0 Å². The van der Waals surface area contributed by atoms with Crippen molar-refractivity contribution in [3.8, 4) is 5.75 Å². The average Bonchev–Trinajstić information content (AvgIpc) is 3.04. The van der Waals surface area contributed by atoms with E-state index in [9.17, 15) is 4.79 Å². The maximum atomic E-state index is 12.9. The minimum atomic E-state index is -0.355. The minimum Gasteiger partial charge on any atom is -0.488 e. The Morgan fingerprint density at radius 1 is 1.40 bits per heavy atom. The molecule has 106 valence electrons. The molecule has 0 radical (unpaired) electrons. The Hall–Kier alpha value is -1.55. The van der Waals surface area contributed by atoms with Crippen LogP contribution in [0.1, 0.15) is 31.4 Å². The van der Waals surface area contributed by atoms with Gasteiger partial charge in [-0.2, -0.15) is 0 Å². The molecular formula is C16H19NO3. The number of hydrogen-bond donors (Lipinski definition) is 0. The number of benzene rings is 1. The van der Waals surface area contributed by atoms with E-state index in [0.29, 0.717) is 19.8 Å². The summed E-state index contributed by atoms with van der Waals surface area (Å²) in [6.07, 6.45) is 1.88. The number of fused-ring (bicyclic) bond motifs is 4. The van der Waals surface area contributed by atoms with Crippen molar-refractivity contribution in [2.24, 2.45) is 5.41 Å². The average molecular weight is 273 g/mol. The Balaban J connectivity index is 1.67. The van der Waals surface area contributed by atoms with Crippen molar-refractivity contribution < 1.29 is 14.3 Å². The molecule has 0 N–H and O–H groups in total. The third kappa shape index (κ3) is 1.67. The predicted molar refractivity (Wildman–Crippen MR) is 73.5 cm³/mol. The number of hydrogen-bond acceptors (Lipinski definition) is 3. The summed E-state index contributed by atoms with van der Waals surface area (Å²) in [5, 5.41) is 0.